The van der Waals surface area contributed by atoms with Crippen LogP contribution in [-0.4, -0.2) is 16.1 Å². The molecule has 21 heavy (non-hydrogen) atoms. The quantitative estimate of drug-likeness (QED) is 0.850. The van der Waals surface area contributed by atoms with E-state index in [4.69, 9.17) is 0 Å². The van der Waals surface area contributed by atoms with Crippen LogP contribution in [0.15, 0.2) is 42.5 Å². The van der Waals surface area contributed by atoms with Crippen LogP contribution in [0, 0.1) is 5.92 Å². The molecule has 0 aliphatic carbocycles. The Balaban J connectivity index is 1.97. The molecule has 2 aromatic rings. The van der Waals surface area contributed by atoms with Crippen LogP contribution >= 0.6 is 0 Å². The minimum Gasteiger partial charge on any atom is -0.339 e. The van der Waals surface area contributed by atoms with Gasteiger partial charge in [-0.15, -0.1) is 10.2 Å². The van der Waals surface area contributed by atoms with Crippen LogP contribution in [0.4, 0.5) is 17.3 Å². The van der Waals surface area contributed by atoms with Crippen molar-refractivity contribution in [3.05, 3.63) is 42.5 Å². The lowest BCUT2D eigenvalue weighted by Gasteiger charge is -2.12. The van der Waals surface area contributed by atoms with E-state index in [9.17, 15) is 4.79 Å². The van der Waals surface area contributed by atoms with E-state index in [0.29, 0.717) is 11.6 Å². The van der Waals surface area contributed by atoms with Gasteiger partial charge in [0.25, 0.3) is 0 Å². The predicted molar refractivity (Wildman–Crippen MR) is 84.5 cm³/mol. The Morgan fingerprint density at radius 3 is 2.19 bits per heavy atom. The first-order chi connectivity index (χ1) is 10.2. The molecule has 0 aliphatic heterocycles. The average Bonchev–Trinajstić information content (AvgIpc) is 2.51. The van der Waals surface area contributed by atoms with Gasteiger partial charge in [-0.05, 0) is 37.1 Å². The second kappa shape index (κ2) is 7.38. The predicted octanol–water partition coefficient (Wildman–Crippen LogP) is 3.59. The van der Waals surface area contributed by atoms with Crippen LogP contribution in [-0.2, 0) is 4.79 Å². The van der Waals surface area contributed by atoms with E-state index in [-0.39, 0.29) is 11.8 Å². The molecule has 0 unspecified atom stereocenters. The van der Waals surface area contributed by atoms with Crippen molar-refractivity contribution in [1.82, 2.24) is 10.2 Å². The number of carbonyl (C=O) groups excluding carboxylic acids is 1. The minimum absolute atomic E-state index is 0.00179. The zero-order valence-corrected chi connectivity index (χ0v) is 12.3. The zero-order chi connectivity index (χ0) is 15.1. The van der Waals surface area contributed by atoms with Crippen LogP contribution in [0.1, 0.15) is 26.7 Å². The van der Waals surface area contributed by atoms with Gasteiger partial charge in [-0.1, -0.05) is 32.0 Å². The van der Waals surface area contributed by atoms with E-state index in [1.807, 2.05) is 44.2 Å². The fourth-order valence-corrected chi connectivity index (χ4v) is 2.02. The van der Waals surface area contributed by atoms with Crippen molar-refractivity contribution in [3.63, 3.8) is 0 Å². The Morgan fingerprint density at radius 1 is 1.00 bits per heavy atom. The topological polar surface area (TPSA) is 66.9 Å². The van der Waals surface area contributed by atoms with Crippen molar-refractivity contribution in [1.29, 1.82) is 0 Å². The highest BCUT2D eigenvalue weighted by atomic mass is 16.1. The molecule has 0 radical (unpaired) electrons. The van der Waals surface area contributed by atoms with Gasteiger partial charge < -0.3 is 10.6 Å². The van der Waals surface area contributed by atoms with Crippen molar-refractivity contribution < 1.29 is 4.79 Å². The van der Waals surface area contributed by atoms with Crippen molar-refractivity contribution >= 4 is 23.2 Å². The molecule has 0 aliphatic rings. The summed E-state index contributed by atoms with van der Waals surface area (Å²) in [6.45, 7) is 4.01. The Morgan fingerprint density at radius 2 is 1.62 bits per heavy atom. The zero-order valence-electron chi connectivity index (χ0n) is 12.3. The van der Waals surface area contributed by atoms with Gasteiger partial charge >= 0.3 is 0 Å². The molecule has 0 bridgehead atoms. The fraction of sp³-hybridized carbons (Fsp3) is 0.312. The summed E-state index contributed by atoms with van der Waals surface area (Å²) >= 11 is 0. The van der Waals surface area contributed by atoms with E-state index >= 15 is 0 Å². The molecule has 5 heteroatoms. The van der Waals surface area contributed by atoms with Gasteiger partial charge in [-0.25, -0.2) is 0 Å². The van der Waals surface area contributed by atoms with Crippen LogP contribution in [0.5, 0.6) is 0 Å². The molecular weight excluding hydrogens is 264 g/mol. The highest BCUT2D eigenvalue weighted by Crippen LogP contribution is 2.15. The van der Waals surface area contributed by atoms with Gasteiger partial charge in [-0.3, -0.25) is 4.79 Å². The largest absolute Gasteiger partial charge is 0.339 e. The molecule has 1 aromatic heterocycles. The first-order valence-corrected chi connectivity index (χ1v) is 7.19. The van der Waals surface area contributed by atoms with Gasteiger partial charge in [0.15, 0.2) is 11.6 Å². The lowest BCUT2D eigenvalue weighted by Crippen LogP contribution is -2.22. The molecule has 1 amide bonds. The highest BCUT2D eigenvalue weighted by Gasteiger charge is 2.14. The molecule has 0 spiro atoms. The van der Waals surface area contributed by atoms with E-state index in [1.54, 1.807) is 12.1 Å². The Labute approximate surface area is 124 Å². The second-order valence-corrected chi connectivity index (χ2v) is 4.80. The average molecular weight is 284 g/mol. The van der Waals surface area contributed by atoms with E-state index in [1.165, 1.54) is 0 Å². The fourth-order valence-electron chi connectivity index (χ4n) is 2.02. The van der Waals surface area contributed by atoms with E-state index in [0.717, 1.165) is 18.5 Å². The second-order valence-electron chi connectivity index (χ2n) is 4.80. The van der Waals surface area contributed by atoms with Gasteiger partial charge in [0, 0.05) is 11.6 Å². The number of nitrogens with zero attached hydrogens (tertiary/aromatic N) is 2. The van der Waals surface area contributed by atoms with Gasteiger partial charge in [0.05, 0.1) is 0 Å². The smallest absolute Gasteiger partial charge is 0.228 e. The summed E-state index contributed by atoms with van der Waals surface area (Å²) in [5.41, 5.74) is 0.945. The first kappa shape index (κ1) is 15.0. The summed E-state index contributed by atoms with van der Waals surface area (Å²) in [7, 11) is 0. The molecule has 0 fully saturated rings. The third kappa shape index (κ3) is 4.27. The Kier molecular flexibility index (Phi) is 5.26. The Bertz CT molecular complexity index is 565. The van der Waals surface area contributed by atoms with Crippen LogP contribution in [0.25, 0.3) is 0 Å². The van der Waals surface area contributed by atoms with Gasteiger partial charge in [-0.2, -0.15) is 0 Å². The summed E-state index contributed by atoms with van der Waals surface area (Å²) in [6.07, 6.45) is 1.65. The van der Waals surface area contributed by atoms with Crippen molar-refractivity contribution in [2.45, 2.75) is 26.7 Å². The van der Waals surface area contributed by atoms with Crippen molar-refractivity contribution in [3.8, 4) is 0 Å². The number of aromatic nitrogens is 2. The van der Waals surface area contributed by atoms with E-state index < -0.39 is 0 Å². The first-order valence-electron chi connectivity index (χ1n) is 7.19. The number of anilines is 3. The number of benzene rings is 1. The van der Waals surface area contributed by atoms with Crippen molar-refractivity contribution in [2.24, 2.45) is 5.92 Å². The van der Waals surface area contributed by atoms with Crippen LogP contribution < -0.4 is 10.6 Å². The van der Waals surface area contributed by atoms with Crippen molar-refractivity contribution in [2.75, 3.05) is 10.6 Å². The third-order valence-electron chi connectivity index (χ3n) is 3.32. The van der Waals surface area contributed by atoms with Gasteiger partial charge in [0.2, 0.25) is 5.91 Å². The molecule has 0 saturated heterocycles. The summed E-state index contributed by atoms with van der Waals surface area (Å²) in [6, 6.07) is 13.3. The summed E-state index contributed by atoms with van der Waals surface area (Å²) in [5, 5.41) is 14.0. The third-order valence-corrected chi connectivity index (χ3v) is 3.32. The number of hydrogen-bond donors (Lipinski definition) is 2. The standard InChI is InChI=1S/C16H20N4O/c1-3-12(4-2)16(21)18-15-11-10-14(19-20-15)17-13-8-6-5-7-9-13/h5-12H,3-4H2,1-2H3,(H,17,19)(H,18,20,21). The molecule has 5 nitrogen and oxygen atoms in total. The Hall–Kier alpha value is -2.43. The maximum atomic E-state index is 12.0. The lowest BCUT2D eigenvalue weighted by atomic mass is 10.0. The molecule has 0 saturated carbocycles. The van der Waals surface area contributed by atoms with Gasteiger partial charge in [0.1, 0.15) is 0 Å². The highest BCUT2D eigenvalue weighted by molar-refractivity contribution is 5.91. The molecule has 110 valence electrons. The number of hydrogen-bond acceptors (Lipinski definition) is 4. The van der Waals surface area contributed by atoms with E-state index in [2.05, 4.69) is 20.8 Å². The number of carbonyl (C=O) groups is 1. The molecule has 2 N–H and O–H groups in total. The maximum Gasteiger partial charge on any atom is 0.228 e. The molecular formula is C16H20N4O. The molecule has 1 aromatic carbocycles. The summed E-state index contributed by atoms with van der Waals surface area (Å²) in [4.78, 5) is 12.0. The minimum atomic E-state index is -0.00179. The monoisotopic (exact) mass is 284 g/mol. The number of para-hydroxylation sites is 1. The molecule has 0 atom stereocenters. The summed E-state index contributed by atoms with van der Waals surface area (Å²) < 4.78 is 0. The molecule has 2 rings (SSSR count). The summed E-state index contributed by atoms with van der Waals surface area (Å²) in [5.74, 6) is 1.14. The number of rotatable bonds is 6. The normalized spacial score (nSPS) is 10.4. The van der Waals surface area contributed by atoms with Crippen LogP contribution in [0.2, 0.25) is 0 Å². The lowest BCUT2D eigenvalue weighted by molar-refractivity contribution is -0.120. The number of nitrogens with one attached hydrogen (secondary N) is 2. The molecule has 1 heterocycles. The maximum absolute atomic E-state index is 12.0. The van der Waals surface area contributed by atoms with Crippen LogP contribution in [0.3, 0.4) is 0 Å². The SMILES string of the molecule is CCC(CC)C(=O)Nc1ccc(Nc2ccccc2)nn1. The number of amides is 1.